The van der Waals surface area contributed by atoms with E-state index in [0.29, 0.717) is 38.3 Å². The van der Waals surface area contributed by atoms with Crippen molar-refractivity contribution in [1.82, 2.24) is 9.80 Å². The number of amides is 2. The smallest absolute Gasteiger partial charge is 0.241 e. The van der Waals surface area contributed by atoms with Gasteiger partial charge in [0.05, 0.1) is 23.2 Å². The Kier molecular flexibility index (Phi) is 6.87. The maximum atomic E-state index is 13.2. The number of benzene rings is 2. The fraction of sp³-hybridized carbons (Fsp3) is 0.364. The van der Waals surface area contributed by atoms with Crippen LogP contribution < -0.4 is 5.32 Å². The van der Waals surface area contributed by atoms with E-state index in [0.717, 1.165) is 5.56 Å². The molecule has 1 aliphatic heterocycles. The lowest BCUT2D eigenvalue weighted by Crippen LogP contribution is -2.54. The molecule has 1 saturated heterocycles. The molecule has 7 heteroatoms. The van der Waals surface area contributed by atoms with Gasteiger partial charge in [0.25, 0.3) is 0 Å². The molecule has 3 rings (SSSR count). The van der Waals surface area contributed by atoms with Gasteiger partial charge in [-0.05, 0) is 37.6 Å². The summed E-state index contributed by atoms with van der Waals surface area (Å²) in [5, 5.41) is 2.91. The first-order valence-electron chi connectivity index (χ1n) is 9.67. The first-order chi connectivity index (χ1) is 13.8. The van der Waals surface area contributed by atoms with Gasteiger partial charge in [-0.3, -0.25) is 14.5 Å². The zero-order chi connectivity index (χ0) is 21.0. The fourth-order valence-electron chi connectivity index (χ4n) is 3.34. The Morgan fingerprint density at radius 1 is 1.10 bits per heavy atom. The van der Waals surface area contributed by atoms with Gasteiger partial charge in [0.1, 0.15) is 5.82 Å². The van der Waals surface area contributed by atoms with E-state index < -0.39 is 5.82 Å². The number of carbonyl (C=O) groups excluding carboxylic acids is 2. The number of hydrogen-bond donors (Lipinski definition) is 1. The molecule has 0 spiro atoms. The summed E-state index contributed by atoms with van der Waals surface area (Å²) in [5.74, 6) is -0.561. The maximum Gasteiger partial charge on any atom is 0.241 e. The van der Waals surface area contributed by atoms with E-state index in [4.69, 9.17) is 11.6 Å². The van der Waals surface area contributed by atoms with Crippen molar-refractivity contribution in [2.75, 3.05) is 31.5 Å². The Balaban J connectivity index is 1.50. The number of piperazine rings is 1. The van der Waals surface area contributed by atoms with Crippen molar-refractivity contribution in [3.63, 3.8) is 0 Å². The molecule has 29 heavy (non-hydrogen) atoms. The SMILES string of the molecule is Cc1ccc(CC(=O)N2CCN(C(C)C(=O)Nc3ccc(F)cc3Cl)CC2)cc1. The third-order valence-corrected chi connectivity index (χ3v) is 5.57. The highest BCUT2D eigenvalue weighted by atomic mass is 35.5. The van der Waals surface area contributed by atoms with Gasteiger partial charge in [-0.2, -0.15) is 0 Å². The van der Waals surface area contributed by atoms with Gasteiger partial charge in [0, 0.05) is 26.2 Å². The van der Waals surface area contributed by atoms with E-state index in [-0.39, 0.29) is 22.9 Å². The molecule has 5 nitrogen and oxygen atoms in total. The van der Waals surface area contributed by atoms with Gasteiger partial charge < -0.3 is 10.2 Å². The summed E-state index contributed by atoms with van der Waals surface area (Å²) < 4.78 is 13.2. The number of halogens is 2. The number of nitrogens with zero attached hydrogens (tertiary/aromatic N) is 2. The maximum absolute atomic E-state index is 13.2. The molecule has 0 bridgehead atoms. The minimum Gasteiger partial charge on any atom is -0.340 e. The molecular formula is C22H25ClFN3O2. The van der Waals surface area contributed by atoms with Crippen molar-refractivity contribution in [2.45, 2.75) is 26.3 Å². The van der Waals surface area contributed by atoms with Crippen LogP contribution in [0.25, 0.3) is 0 Å². The zero-order valence-electron chi connectivity index (χ0n) is 16.6. The molecule has 1 unspecified atom stereocenters. The van der Waals surface area contributed by atoms with Gasteiger partial charge in [0.15, 0.2) is 0 Å². The third-order valence-electron chi connectivity index (χ3n) is 5.26. The number of aryl methyl sites for hydroxylation is 1. The van der Waals surface area contributed by atoms with Crippen LogP contribution in [0.5, 0.6) is 0 Å². The second kappa shape index (κ2) is 9.37. The molecule has 2 aromatic carbocycles. The second-order valence-corrected chi connectivity index (χ2v) is 7.78. The Hall–Kier alpha value is -2.44. The van der Waals surface area contributed by atoms with Crippen LogP contribution in [0, 0.1) is 12.7 Å². The molecular weight excluding hydrogens is 393 g/mol. The minimum absolute atomic E-state index is 0.101. The highest BCUT2D eigenvalue weighted by Gasteiger charge is 2.27. The Bertz CT molecular complexity index is 880. The van der Waals surface area contributed by atoms with Gasteiger partial charge >= 0.3 is 0 Å². The molecule has 2 aromatic rings. The van der Waals surface area contributed by atoms with Gasteiger partial charge in [-0.25, -0.2) is 4.39 Å². The predicted octanol–water partition coefficient (Wildman–Crippen LogP) is 3.50. The Morgan fingerprint density at radius 2 is 1.76 bits per heavy atom. The van der Waals surface area contributed by atoms with E-state index in [9.17, 15) is 14.0 Å². The molecule has 1 aliphatic rings. The number of nitrogens with one attached hydrogen (secondary N) is 1. The van der Waals surface area contributed by atoms with Crippen LogP contribution in [-0.4, -0.2) is 53.8 Å². The minimum atomic E-state index is -0.451. The van der Waals surface area contributed by atoms with Crippen LogP contribution >= 0.6 is 11.6 Å². The highest BCUT2D eigenvalue weighted by molar-refractivity contribution is 6.33. The van der Waals surface area contributed by atoms with Crippen molar-refractivity contribution in [2.24, 2.45) is 0 Å². The Morgan fingerprint density at radius 3 is 2.38 bits per heavy atom. The largest absolute Gasteiger partial charge is 0.340 e. The van der Waals surface area contributed by atoms with Crippen molar-refractivity contribution in [3.05, 3.63) is 64.4 Å². The molecule has 1 N–H and O–H groups in total. The van der Waals surface area contributed by atoms with Gasteiger partial charge in [-0.15, -0.1) is 0 Å². The standard InChI is InChI=1S/C22H25ClFN3O2/c1-15-3-5-17(6-4-15)13-21(28)27-11-9-26(10-12-27)16(2)22(29)25-20-8-7-18(24)14-19(20)23/h3-8,14,16H,9-13H2,1-2H3,(H,25,29). The molecule has 0 aliphatic carbocycles. The molecule has 154 valence electrons. The number of hydrogen-bond acceptors (Lipinski definition) is 3. The van der Waals surface area contributed by atoms with Crippen LogP contribution in [0.3, 0.4) is 0 Å². The monoisotopic (exact) mass is 417 g/mol. The summed E-state index contributed by atoms with van der Waals surface area (Å²) in [6.07, 6.45) is 0.388. The van der Waals surface area contributed by atoms with E-state index in [1.165, 1.54) is 23.8 Å². The van der Waals surface area contributed by atoms with Crippen molar-refractivity contribution in [1.29, 1.82) is 0 Å². The normalized spacial score (nSPS) is 15.8. The number of rotatable bonds is 5. The van der Waals surface area contributed by atoms with Crippen LogP contribution in [-0.2, 0) is 16.0 Å². The molecule has 2 amide bonds. The predicted molar refractivity (Wildman–Crippen MR) is 113 cm³/mol. The fourth-order valence-corrected chi connectivity index (χ4v) is 3.56. The van der Waals surface area contributed by atoms with Crippen molar-refractivity contribution >= 4 is 29.1 Å². The second-order valence-electron chi connectivity index (χ2n) is 7.37. The van der Waals surface area contributed by atoms with E-state index in [1.54, 1.807) is 0 Å². The van der Waals surface area contributed by atoms with Crippen LogP contribution in [0.2, 0.25) is 5.02 Å². The first-order valence-corrected chi connectivity index (χ1v) is 10.0. The van der Waals surface area contributed by atoms with Gasteiger partial charge in [0.2, 0.25) is 11.8 Å². The van der Waals surface area contributed by atoms with E-state index in [1.807, 2.05) is 47.9 Å². The molecule has 0 saturated carbocycles. The third kappa shape index (κ3) is 5.55. The summed E-state index contributed by atoms with van der Waals surface area (Å²) in [6.45, 7) is 6.23. The molecule has 1 atom stereocenters. The van der Waals surface area contributed by atoms with E-state index in [2.05, 4.69) is 5.32 Å². The van der Waals surface area contributed by atoms with Crippen LogP contribution in [0.1, 0.15) is 18.1 Å². The summed E-state index contributed by atoms with van der Waals surface area (Å²) >= 11 is 5.98. The van der Waals surface area contributed by atoms with Crippen molar-refractivity contribution < 1.29 is 14.0 Å². The van der Waals surface area contributed by atoms with Crippen LogP contribution in [0.15, 0.2) is 42.5 Å². The zero-order valence-corrected chi connectivity index (χ0v) is 17.4. The molecule has 0 aromatic heterocycles. The average molecular weight is 418 g/mol. The highest BCUT2D eigenvalue weighted by Crippen LogP contribution is 2.23. The number of anilines is 1. The topological polar surface area (TPSA) is 52.7 Å². The molecule has 1 heterocycles. The summed E-state index contributed by atoms with van der Waals surface area (Å²) in [6, 6.07) is 11.5. The average Bonchev–Trinajstić information content (AvgIpc) is 2.71. The lowest BCUT2D eigenvalue weighted by atomic mass is 10.1. The molecule has 0 radical (unpaired) electrons. The van der Waals surface area contributed by atoms with Crippen LogP contribution in [0.4, 0.5) is 10.1 Å². The van der Waals surface area contributed by atoms with Crippen molar-refractivity contribution in [3.8, 4) is 0 Å². The molecule has 1 fully saturated rings. The number of carbonyl (C=O) groups is 2. The Labute approximate surface area is 175 Å². The van der Waals surface area contributed by atoms with Gasteiger partial charge in [-0.1, -0.05) is 41.4 Å². The summed E-state index contributed by atoms with van der Waals surface area (Å²) in [4.78, 5) is 29.0. The lowest BCUT2D eigenvalue weighted by Gasteiger charge is -2.37. The summed E-state index contributed by atoms with van der Waals surface area (Å²) in [5.41, 5.74) is 2.56. The van der Waals surface area contributed by atoms with E-state index >= 15 is 0 Å². The lowest BCUT2D eigenvalue weighted by molar-refractivity contribution is -0.133. The first kappa shape index (κ1) is 21.3. The quantitative estimate of drug-likeness (QED) is 0.810. The summed E-state index contributed by atoms with van der Waals surface area (Å²) in [7, 11) is 0.